The normalized spacial score (nSPS) is 12.1. The lowest BCUT2D eigenvalue weighted by Crippen LogP contribution is -1.92. The molecule has 0 aliphatic carbocycles. The van der Waals surface area contributed by atoms with E-state index in [1.54, 1.807) is 0 Å². The molecule has 2 nitrogen and oxygen atoms in total. The first-order valence-electron chi connectivity index (χ1n) is 11.8. The van der Waals surface area contributed by atoms with Crippen LogP contribution in [0.1, 0.15) is 25.3 Å². The molecule has 2 heterocycles. The molecule has 162 valence electrons. The second kappa shape index (κ2) is 7.16. The predicted octanol–water partition coefficient (Wildman–Crippen LogP) is 9.23. The number of hydrogen-bond donors (Lipinski definition) is 0. The molecule has 2 heteroatoms. The number of rotatable bonds is 2. The van der Waals surface area contributed by atoms with Crippen LogP contribution in [-0.4, -0.2) is 4.98 Å². The van der Waals surface area contributed by atoms with Crippen LogP contribution in [-0.2, 0) is 0 Å². The third kappa shape index (κ3) is 2.78. The predicted molar refractivity (Wildman–Crippen MR) is 144 cm³/mol. The topological polar surface area (TPSA) is 26.0 Å². The van der Waals surface area contributed by atoms with E-state index in [1.165, 1.54) is 32.5 Å². The van der Waals surface area contributed by atoms with Crippen LogP contribution in [0.15, 0.2) is 102 Å². The Morgan fingerprint density at radius 1 is 0.618 bits per heavy atom. The third-order valence-corrected chi connectivity index (χ3v) is 7.06. The molecular formula is C32H23NO. The van der Waals surface area contributed by atoms with Crippen molar-refractivity contribution < 1.29 is 4.42 Å². The van der Waals surface area contributed by atoms with Gasteiger partial charge in [-0.15, -0.1) is 0 Å². The van der Waals surface area contributed by atoms with Crippen molar-refractivity contribution in [1.29, 1.82) is 0 Å². The minimum atomic E-state index is 0.459. The molecule has 0 radical (unpaired) electrons. The fraction of sp³-hybridized carbons (Fsp3) is 0.0938. The molecule has 0 bridgehead atoms. The van der Waals surface area contributed by atoms with Gasteiger partial charge in [-0.2, -0.15) is 0 Å². The fourth-order valence-corrected chi connectivity index (χ4v) is 5.36. The maximum atomic E-state index is 6.52. The van der Waals surface area contributed by atoms with Crippen molar-refractivity contribution in [2.45, 2.75) is 19.8 Å². The second-order valence-electron chi connectivity index (χ2n) is 9.43. The largest absolute Gasteiger partial charge is 0.455 e. The van der Waals surface area contributed by atoms with Crippen LogP contribution in [0.2, 0.25) is 0 Å². The molecule has 7 rings (SSSR count). The van der Waals surface area contributed by atoms with Crippen LogP contribution in [0, 0.1) is 0 Å². The molecule has 0 amide bonds. The van der Waals surface area contributed by atoms with Gasteiger partial charge in [-0.25, -0.2) is 0 Å². The van der Waals surface area contributed by atoms with Crippen molar-refractivity contribution in [3.8, 4) is 11.3 Å². The Morgan fingerprint density at radius 2 is 1.44 bits per heavy atom. The number of fused-ring (bicyclic) bond motifs is 7. The van der Waals surface area contributed by atoms with Crippen LogP contribution < -0.4 is 0 Å². The summed E-state index contributed by atoms with van der Waals surface area (Å²) in [5.41, 5.74) is 5.27. The third-order valence-electron chi connectivity index (χ3n) is 7.06. The second-order valence-corrected chi connectivity index (χ2v) is 9.43. The average molecular weight is 438 g/mol. The zero-order valence-corrected chi connectivity index (χ0v) is 19.2. The van der Waals surface area contributed by atoms with E-state index >= 15 is 0 Å². The summed E-state index contributed by atoms with van der Waals surface area (Å²) in [4.78, 5) is 4.78. The molecule has 0 N–H and O–H groups in total. The highest BCUT2D eigenvalue weighted by atomic mass is 16.3. The molecule has 0 atom stereocenters. The Kier molecular flexibility index (Phi) is 4.07. The highest BCUT2D eigenvalue weighted by Gasteiger charge is 2.14. The van der Waals surface area contributed by atoms with Crippen LogP contribution in [0.3, 0.4) is 0 Å². The maximum Gasteiger partial charge on any atom is 0.143 e. The van der Waals surface area contributed by atoms with Crippen LogP contribution in [0.4, 0.5) is 0 Å². The molecule has 0 aliphatic heterocycles. The van der Waals surface area contributed by atoms with Crippen LogP contribution in [0.25, 0.3) is 65.5 Å². The summed E-state index contributed by atoms with van der Waals surface area (Å²) in [5.74, 6) is 0.459. The molecule has 0 saturated carbocycles. The van der Waals surface area contributed by atoms with Crippen molar-refractivity contribution in [3.05, 3.63) is 103 Å². The molecule has 0 spiro atoms. The quantitative estimate of drug-likeness (QED) is 0.252. The average Bonchev–Trinajstić information content (AvgIpc) is 3.25. The summed E-state index contributed by atoms with van der Waals surface area (Å²) in [6, 6.07) is 32.5. The molecule has 0 saturated heterocycles. The zero-order chi connectivity index (χ0) is 22.8. The molecule has 7 aromatic rings. The van der Waals surface area contributed by atoms with Gasteiger partial charge in [0.15, 0.2) is 0 Å². The number of benzene rings is 5. The van der Waals surface area contributed by atoms with Gasteiger partial charge in [0, 0.05) is 33.3 Å². The summed E-state index contributed by atoms with van der Waals surface area (Å²) in [6.45, 7) is 4.48. The van der Waals surface area contributed by atoms with E-state index in [2.05, 4.69) is 105 Å². The minimum absolute atomic E-state index is 0.459. The molecule has 0 aliphatic rings. The Bertz CT molecular complexity index is 1890. The fourth-order valence-electron chi connectivity index (χ4n) is 5.36. The lowest BCUT2D eigenvalue weighted by Gasteiger charge is -2.12. The van der Waals surface area contributed by atoms with Gasteiger partial charge in [0.05, 0.1) is 5.69 Å². The number of furan rings is 1. The van der Waals surface area contributed by atoms with Gasteiger partial charge < -0.3 is 4.42 Å². The number of nitrogens with zero attached hydrogens (tertiary/aromatic N) is 1. The number of hydrogen-bond acceptors (Lipinski definition) is 2. The van der Waals surface area contributed by atoms with Crippen molar-refractivity contribution in [1.82, 2.24) is 4.98 Å². The highest BCUT2D eigenvalue weighted by Crippen LogP contribution is 2.38. The Balaban J connectivity index is 1.48. The maximum absolute atomic E-state index is 6.52. The van der Waals surface area contributed by atoms with Gasteiger partial charge >= 0.3 is 0 Å². The summed E-state index contributed by atoms with van der Waals surface area (Å²) in [5, 5.41) is 9.56. The summed E-state index contributed by atoms with van der Waals surface area (Å²) >= 11 is 0. The van der Waals surface area contributed by atoms with Gasteiger partial charge in [-0.1, -0.05) is 68.4 Å². The molecule has 5 aromatic carbocycles. The molecule has 34 heavy (non-hydrogen) atoms. The van der Waals surface area contributed by atoms with E-state index in [0.29, 0.717) is 5.92 Å². The Morgan fingerprint density at radius 3 is 2.29 bits per heavy atom. The lowest BCUT2D eigenvalue weighted by molar-refractivity contribution is 0.673. The summed E-state index contributed by atoms with van der Waals surface area (Å²) in [6.07, 6.45) is 1.92. The van der Waals surface area contributed by atoms with Gasteiger partial charge in [0.2, 0.25) is 0 Å². The lowest BCUT2D eigenvalue weighted by atomic mass is 9.94. The minimum Gasteiger partial charge on any atom is -0.455 e. The van der Waals surface area contributed by atoms with E-state index < -0.39 is 0 Å². The summed E-state index contributed by atoms with van der Waals surface area (Å²) < 4.78 is 6.52. The number of pyridine rings is 1. The van der Waals surface area contributed by atoms with Crippen molar-refractivity contribution >= 4 is 54.3 Å². The van der Waals surface area contributed by atoms with E-state index in [-0.39, 0.29) is 0 Å². The highest BCUT2D eigenvalue weighted by molar-refractivity contribution is 6.17. The first-order valence-corrected chi connectivity index (χ1v) is 11.8. The van der Waals surface area contributed by atoms with Gasteiger partial charge in [0.25, 0.3) is 0 Å². The van der Waals surface area contributed by atoms with Crippen LogP contribution in [0.5, 0.6) is 0 Å². The van der Waals surface area contributed by atoms with Gasteiger partial charge in [-0.3, -0.25) is 4.98 Å². The smallest absolute Gasteiger partial charge is 0.143 e. The Labute approximate surface area is 197 Å². The van der Waals surface area contributed by atoms with E-state index in [4.69, 9.17) is 9.40 Å². The first-order chi connectivity index (χ1) is 16.7. The molecular weight excluding hydrogens is 414 g/mol. The monoisotopic (exact) mass is 437 g/mol. The first kappa shape index (κ1) is 19.3. The van der Waals surface area contributed by atoms with E-state index in [1.807, 2.05) is 6.20 Å². The van der Waals surface area contributed by atoms with Gasteiger partial charge in [0.1, 0.15) is 11.2 Å². The van der Waals surface area contributed by atoms with Crippen LogP contribution >= 0.6 is 0 Å². The SMILES string of the molecule is CC(C)c1cccc2c(-c3ccc4c(c3)oc3c5cc6ccccc6cc5ccc43)nccc12. The zero-order valence-electron chi connectivity index (χ0n) is 19.2. The molecule has 0 fully saturated rings. The molecule has 0 unspecified atom stereocenters. The van der Waals surface area contributed by atoms with E-state index in [0.717, 1.165) is 38.6 Å². The van der Waals surface area contributed by atoms with Crippen molar-refractivity contribution in [2.24, 2.45) is 0 Å². The molecule has 2 aromatic heterocycles. The van der Waals surface area contributed by atoms with Crippen molar-refractivity contribution in [3.63, 3.8) is 0 Å². The summed E-state index contributed by atoms with van der Waals surface area (Å²) in [7, 11) is 0. The van der Waals surface area contributed by atoms with Gasteiger partial charge in [-0.05, 0) is 69.4 Å². The number of aromatic nitrogens is 1. The Hall–Kier alpha value is -4.17. The standard InChI is InChI=1S/C32H23NO/c1-19(2)24-8-5-9-27-25(24)14-15-33-31(27)23-11-12-26-28-13-10-22-16-20-6-3-4-7-21(20)17-29(22)32(28)34-30(26)18-23/h3-19H,1-2H3. The van der Waals surface area contributed by atoms with E-state index in [9.17, 15) is 0 Å². The van der Waals surface area contributed by atoms with Crippen molar-refractivity contribution in [2.75, 3.05) is 0 Å².